The van der Waals surface area contributed by atoms with E-state index in [-0.39, 0.29) is 37.2 Å². The number of amides is 3. The maximum Gasteiger partial charge on any atom is 0.412 e. The summed E-state index contributed by atoms with van der Waals surface area (Å²) in [5.41, 5.74) is 4.58. The van der Waals surface area contributed by atoms with Gasteiger partial charge in [0.2, 0.25) is 0 Å². The topological polar surface area (TPSA) is 119 Å². The highest BCUT2D eigenvalue weighted by atomic mass is 16.6. The lowest BCUT2D eigenvalue weighted by molar-refractivity contribution is -0.727. The Morgan fingerprint density at radius 2 is 1.60 bits per heavy atom. The minimum absolute atomic E-state index is 0.0173. The van der Waals surface area contributed by atoms with Crippen LogP contribution in [0, 0.1) is 5.92 Å². The van der Waals surface area contributed by atoms with E-state index < -0.39 is 6.09 Å². The van der Waals surface area contributed by atoms with Crippen LogP contribution in [0.25, 0.3) is 11.1 Å². The Morgan fingerprint density at radius 1 is 0.830 bits per heavy atom. The van der Waals surface area contributed by atoms with Gasteiger partial charge in [0.05, 0.1) is 19.1 Å². The number of carbonyl (C=O) groups is 3. The van der Waals surface area contributed by atoms with Crippen LogP contribution in [-0.2, 0) is 34.2 Å². The molecule has 10 nitrogen and oxygen atoms in total. The number of pyridine rings is 1. The van der Waals surface area contributed by atoms with Gasteiger partial charge in [0.15, 0.2) is 12.4 Å². The van der Waals surface area contributed by atoms with Crippen LogP contribution >= 0.6 is 0 Å². The van der Waals surface area contributed by atoms with E-state index >= 15 is 0 Å². The molecule has 244 valence electrons. The Kier molecular flexibility index (Phi) is 11.8. The monoisotopic (exact) mass is 637 g/mol. The lowest BCUT2D eigenvalue weighted by atomic mass is 9.84. The number of benzene rings is 3. The lowest BCUT2D eigenvalue weighted by Gasteiger charge is -2.29. The zero-order chi connectivity index (χ0) is 32.8. The van der Waals surface area contributed by atoms with Gasteiger partial charge in [-0.3, -0.25) is 4.79 Å². The van der Waals surface area contributed by atoms with Crippen LogP contribution in [0.3, 0.4) is 0 Å². The number of urea groups is 1. The smallest absolute Gasteiger partial charge is 0.412 e. The van der Waals surface area contributed by atoms with Crippen LogP contribution in [0.15, 0.2) is 103 Å². The molecule has 3 amide bonds. The summed E-state index contributed by atoms with van der Waals surface area (Å²) >= 11 is 0. The number of para-hydroxylation sites is 1. The second-order valence-corrected chi connectivity index (χ2v) is 11.3. The van der Waals surface area contributed by atoms with E-state index in [0.29, 0.717) is 31.7 Å². The number of ether oxygens (including phenoxy) is 3. The molecule has 1 fully saturated rings. The predicted molar refractivity (Wildman–Crippen MR) is 177 cm³/mol. The Morgan fingerprint density at radius 3 is 2.40 bits per heavy atom. The normalized spacial score (nSPS) is 15.6. The van der Waals surface area contributed by atoms with Gasteiger partial charge in [-0.05, 0) is 55.2 Å². The Labute approximate surface area is 275 Å². The number of nitrogens with one attached hydrogen (secondary N) is 3. The first kappa shape index (κ1) is 33.0. The Balaban J connectivity index is 1.05. The minimum atomic E-state index is -0.587. The second kappa shape index (κ2) is 16.8. The molecular formula is C37H41N4O6+. The summed E-state index contributed by atoms with van der Waals surface area (Å²) in [5, 5.41) is 8.53. The SMILES string of the molecule is CCOC(=O)[C@@H]1CCCCC1NC(=O)OC[n+]1cccc(CNC(=O)Nc2ccc(COc3ccccc3-c3ccccc3)cc2)c1. The van der Waals surface area contributed by atoms with Gasteiger partial charge in [-0.2, -0.15) is 4.57 Å². The first-order valence-corrected chi connectivity index (χ1v) is 16.0. The first-order valence-electron chi connectivity index (χ1n) is 16.0. The van der Waals surface area contributed by atoms with E-state index in [1.165, 1.54) is 0 Å². The summed E-state index contributed by atoms with van der Waals surface area (Å²) in [6.45, 7) is 2.73. The molecule has 1 saturated carbocycles. The number of aromatic nitrogens is 1. The van der Waals surface area contributed by atoms with Gasteiger partial charge >= 0.3 is 18.1 Å². The molecule has 0 bridgehead atoms. The molecule has 3 N–H and O–H groups in total. The fourth-order valence-electron chi connectivity index (χ4n) is 5.57. The van der Waals surface area contributed by atoms with Gasteiger partial charge in [-0.1, -0.05) is 73.5 Å². The quantitative estimate of drug-likeness (QED) is 0.123. The van der Waals surface area contributed by atoms with Gasteiger partial charge < -0.3 is 30.2 Å². The van der Waals surface area contributed by atoms with Crippen molar-refractivity contribution >= 4 is 23.8 Å². The number of alkyl carbamates (subject to hydrolysis) is 1. The van der Waals surface area contributed by atoms with Crippen LogP contribution < -0.4 is 25.3 Å². The third-order valence-corrected chi connectivity index (χ3v) is 7.95. The van der Waals surface area contributed by atoms with Crippen molar-refractivity contribution in [3.8, 4) is 16.9 Å². The highest BCUT2D eigenvalue weighted by Crippen LogP contribution is 2.30. The fourth-order valence-corrected chi connectivity index (χ4v) is 5.57. The molecule has 3 aromatic carbocycles. The third-order valence-electron chi connectivity index (χ3n) is 7.95. The molecule has 0 spiro atoms. The predicted octanol–water partition coefficient (Wildman–Crippen LogP) is 6.35. The lowest BCUT2D eigenvalue weighted by Crippen LogP contribution is -2.47. The number of hydrogen-bond acceptors (Lipinski definition) is 6. The molecule has 10 heteroatoms. The molecule has 2 atom stereocenters. The van der Waals surface area contributed by atoms with Crippen LogP contribution in [0.5, 0.6) is 5.75 Å². The number of rotatable bonds is 12. The van der Waals surface area contributed by atoms with Crippen LogP contribution in [0.1, 0.15) is 43.7 Å². The van der Waals surface area contributed by atoms with Crippen LogP contribution in [0.4, 0.5) is 15.3 Å². The molecule has 1 aromatic heterocycles. The standard InChI is InChI=1S/C37H40N4O6/c1-2-45-35(42)32-15-6-8-16-33(32)40-37(44)47-26-41-22-10-11-28(24-41)23-38-36(43)39-30-20-18-27(19-21-30)25-46-34-17-9-7-14-31(34)29-12-4-3-5-13-29/h3-5,7,9-14,17-22,24,32-33H,2,6,8,15-16,23,25-26H2,1H3,(H2-,38,39,40,43,44)/p+1/t32-,33?/m1/s1. The van der Waals surface area contributed by atoms with Crippen molar-refractivity contribution in [1.82, 2.24) is 10.6 Å². The molecule has 4 aromatic rings. The fraction of sp³-hybridized carbons (Fsp3) is 0.297. The van der Waals surface area contributed by atoms with E-state index in [0.717, 1.165) is 40.8 Å². The van der Waals surface area contributed by atoms with Crippen LogP contribution in [-0.4, -0.2) is 30.7 Å². The molecule has 47 heavy (non-hydrogen) atoms. The summed E-state index contributed by atoms with van der Waals surface area (Å²) in [4.78, 5) is 37.4. The van der Waals surface area contributed by atoms with Gasteiger partial charge in [-0.15, -0.1) is 0 Å². The number of anilines is 1. The molecule has 1 aliphatic rings. The number of carbonyl (C=O) groups excluding carboxylic acids is 3. The molecule has 0 radical (unpaired) electrons. The highest BCUT2D eigenvalue weighted by molar-refractivity contribution is 5.89. The van der Waals surface area contributed by atoms with Gasteiger partial charge in [0.25, 0.3) is 6.73 Å². The second-order valence-electron chi connectivity index (χ2n) is 11.3. The van der Waals surface area contributed by atoms with Crippen molar-refractivity contribution < 1.29 is 33.2 Å². The molecule has 0 saturated heterocycles. The van der Waals surface area contributed by atoms with E-state index in [9.17, 15) is 14.4 Å². The van der Waals surface area contributed by atoms with Crippen LogP contribution in [0.2, 0.25) is 0 Å². The van der Waals surface area contributed by atoms with E-state index in [1.807, 2.05) is 78.9 Å². The number of hydrogen-bond donors (Lipinski definition) is 3. The van der Waals surface area contributed by atoms with Crippen molar-refractivity contribution in [2.75, 3.05) is 11.9 Å². The Hall–Kier alpha value is -5.38. The van der Waals surface area contributed by atoms with E-state index in [1.54, 1.807) is 23.9 Å². The zero-order valence-corrected chi connectivity index (χ0v) is 26.5. The molecular weight excluding hydrogens is 596 g/mol. The molecule has 5 rings (SSSR count). The van der Waals surface area contributed by atoms with Crippen molar-refractivity contribution in [2.24, 2.45) is 5.92 Å². The van der Waals surface area contributed by atoms with Gasteiger partial charge in [0.1, 0.15) is 12.4 Å². The van der Waals surface area contributed by atoms with Crippen molar-refractivity contribution in [3.05, 3.63) is 115 Å². The summed E-state index contributed by atoms with van der Waals surface area (Å²) in [5.74, 6) is 0.171. The van der Waals surface area contributed by atoms with E-state index in [2.05, 4.69) is 28.1 Å². The van der Waals surface area contributed by atoms with Crippen molar-refractivity contribution in [3.63, 3.8) is 0 Å². The molecule has 1 aliphatic carbocycles. The summed E-state index contributed by atoms with van der Waals surface area (Å²) in [6.07, 6.45) is 6.23. The Bertz CT molecular complexity index is 1630. The summed E-state index contributed by atoms with van der Waals surface area (Å²) in [7, 11) is 0. The third kappa shape index (κ3) is 9.80. The zero-order valence-electron chi connectivity index (χ0n) is 26.5. The first-order chi connectivity index (χ1) is 23.0. The number of esters is 1. The van der Waals surface area contributed by atoms with Gasteiger partial charge in [0, 0.05) is 28.9 Å². The average Bonchev–Trinajstić information content (AvgIpc) is 3.10. The molecule has 1 unspecified atom stereocenters. The van der Waals surface area contributed by atoms with Gasteiger partial charge in [-0.25, -0.2) is 9.59 Å². The number of nitrogens with zero attached hydrogens (tertiary/aromatic N) is 1. The van der Waals surface area contributed by atoms with E-state index in [4.69, 9.17) is 14.2 Å². The molecule has 0 aliphatic heterocycles. The molecule has 1 heterocycles. The minimum Gasteiger partial charge on any atom is -0.488 e. The largest absolute Gasteiger partial charge is 0.488 e. The highest BCUT2D eigenvalue weighted by Gasteiger charge is 2.33. The van der Waals surface area contributed by atoms with Crippen molar-refractivity contribution in [2.45, 2.75) is 58.5 Å². The summed E-state index contributed by atoms with van der Waals surface area (Å²) in [6, 6.07) is 28.6. The maximum atomic E-state index is 12.6. The summed E-state index contributed by atoms with van der Waals surface area (Å²) < 4.78 is 18.4. The van der Waals surface area contributed by atoms with Crippen molar-refractivity contribution in [1.29, 1.82) is 0 Å². The maximum absolute atomic E-state index is 12.6. The average molecular weight is 638 g/mol.